The zero-order valence-electron chi connectivity index (χ0n) is 16.5. The highest BCUT2D eigenvalue weighted by Crippen LogP contribution is 2.30. The Kier molecular flexibility index (Phi) is 6.85. The molecule has 0 radical (unpaired) electrons. The number of nitrogens with zero attached hydrogens (tertiary/aromatic N) is 3. The van der Waals surface area contributed by atoms with E-state index in [1.165, 1.54) is 0 Å². The predicted octanol–water partition coefficient (Wildman–Crippen LogP) is 3.96. The molecule has 1 saturated heterocycles. The van der Waals surface area contributed by atoms with Crippen molar-refractivity contribution in [3.63, 3.8) is 0 Å². The number of ether oxygens (including phenoxy) is 1. The van der Waals surface area contributed by atoms with E-state index in [9.17, 15) is 4.79 Å². The van der Waals surface area contributed by atoms with Crippen molar-refractivity contribution < 1.29 is 9.53 Å². The molecule has 8 heteroatoms. The van der Waals surface area contributed by atoms with Crippen LogP contribution in [0, 0.1) is 0 Å². The van der Waals surface area contributed by atoms with Gasteiger partial charge in [0.15, 0.2) is 10.8 Å². The Morgan fingerprint density at radius 1 is 1.32 bits per heavy atom. The fraction of sp³-hybridized carbons (Fsp3) is 0.450. The molecule has 1 aromatic heterocycles. The summed E-state index contributed by atoms with van der Waals surface area (Å²) in [5.74, 6) is 0.0275. The van der Waals surface area contributed by atoms with Crippen LogP contribution in [-0.4, -0.2) is 54.8 Å². The van der Waals surface area contributed by atoms with Crippen molar-refractivity contribution >= 4 is 46.0 Å². The normalized spacial score (nSPS) is 14.6. The molecule has 3 rings (SSSR count). The summed E-state index contributed by atoms with van der Waals surface area (Å²) >= 11 is 7.14. The van der Waals surface area contributed by atoms with Gasteiger partial charge in [-0.25, -0.2) is 9.78 Å². The van der Waals surface area contributed by atoms with Crippen molar-refractivity contribution in [2.45, 2.75) is 25.7 Å². The van der Waals surface area contributed by atoms with Gasteiger partial charge in [-0.15, -0.1) is 11.3 Å². The molecule has 1 aliphatic rings. The maximum absolute atomic E-state index is 11.8. The molecule has 1 N–H and O–H groups in total. The van der Waals surface area contributed by atoms with Crippen LogP contribution in [-0.2, 0) is 4.74 Å². The molecule has 2 aromatic rings. The van der Waals surface area contributed by atoms with Gasteiger partial charge in [0.1, 0.15) is 0 Å². The molecule has 1 aliphatic heterocycles. The number of thiazole rings is 1. The quantitative estimate of drug-likeness (QED) is 0.582. The average Bonchev–Trinajstić information content (AvgIpc) is 3.19. The summed E-state index contributed by atoms with van der Waals surface area (Å²) in [5.41, 5.74) is 2.57. The number of anilines is 2. The summed E-state index contributed by atoms with van der Waals surface area (Å²) in [7, 11) is 4.05. The van der Waals surface area contributed by atoms with Crippen LogP contribution < -0.4 is 10.2 Å². The van der Waals surface area contributed by atoms with E-state index in [2.05, 4.69) is 32.2 Å². The molecule has 0 aliphatic carbocycles. The molecule has 0 amide bonds. The standard InChI is InChI=1S/C20H26N4O2S2/c1-4-26-19(25)17-13-28-18(22-17)14-9-11-24(12-10-14)20(27)21-15-5-7-16(8-6-15)23(2)3/h5-8,13-14H,4,9-12H2,1-3H3,(H,21,27). The van der Waals surface area contributed by atoms with Crippen LogP contribution in [0.15, 0.2) is 29.6 Å². The summed E-state index contributed by atoms with van der Waals surface area (Å²) in [6.45, 7) is 3.92. The Labute approximate surface area is 175 Å². The monoisotopic (exact) mass is 418 g/mol. The number of piperidine rings is 1. The van der Waals surface area contributed by atoms with E-state index < -0.39 is 0 Å². The van der Waals surface area contributed by atoms with Gasteiger partial charge in [0.2, 0.25) is 0 Å². The lowest BCUT2D eigenvalue weighted by atomic mass is 9.98. The average molecular weight is 419 g/mol. The first-order valence-corrected chi connectivity index (χ1v) is 10.7. The van der Waals surface area contributed by atoms with Gasteiger partial charge >= 0.3 is 5.97 Å². The number of thiocarbonyl (C=S) groups is 1. The third-order valence-corrected chi connectivity index (χ3v) is 6.14. The third-order valence-electron chi connectivity index (χ3n) is 4.77. The molecule has 150 valence electrons. The van der Waals surface area contributed by atoms with Crippen LogP contribution in [0.4, 0.5) is 11.4 Å². The number of rotatable bonds is 5. The number of esters is 1. The van der Waals surface area contributed by atoms with Crippen molar-refractivity contribution in [3.8, 4) is 0 Å². The fourth-order valence-corrected chi connectivity index (χ4v) is 4.41. The summed E-state index contributed by atoms with van der Waals surface area (Å²) in [4.78, 5) is 20.6. The first-order valence-electron chi connectivity index (χ1n) is 9.43. The second-order valence-corrected chi connectivity index (χ2v) is 8.20. The van der Waals surface area contributed by atoms with Crippen LogP contribution in [0.2, 0.25) is 0 Å². The number of likely N-dealkylation sites (tertiary alicyclic amines) is 1. The molecule has 1 fully saturated rings. The van der Waals surface area contributed by atoms with Crippen molar-refractivity contribution in [1.82, 2.24) is 9.88 Å². The second kappa shape index (κ2) is 9.34. The van der Waals surface area contributed by atoms with Crippen molar-refractivity contribution in [2.75, 3.05) is 44.0 Å². The topological polar surface area (TPSA) is 57.7 Å². The lowest BCUT2D eigenvalue weighted by Gasteiger charge is -2.33. The van der Waals surface area contributed by atoms with Crippen molar-refractivity contribution in [2.24, 2.45) is 0 Å². The number of benzene rings is 1. The highest BCUT2D eigenvalue weighted by molar-refractivity contribution is 7.80. The lowest BCUT2D eigenvalue weighted by molar-refractivity contribution is 0.0520. The summed E-state index contributed by atoms with van der Waals surface area (Å²) in [6, 6.07) is 8.23. The number of nitrogens with one attached hydrogen (secondary N) is 1. The van der Waals surface area contributed by atoms with E-state index in [1.54, 1.807) is 23.6 Å². The highest BCUT2D eigenvalue weighted by atomic mass is 32.1. The van der Waals surface area contributed by atoms with Gasteiger partial charge in [-0.05, 0) is 56.2 Å². The van der Waals surface area contributed by atoms with Gasteiger partial charge in [0.25, 0.3) is 0 Å². The molecule has 0 spiro atoms. The first kappa shape index (κ1) is 20.5. The maximum atomic E-state index is 11.8. The van der Waals surface area contributed by atoms with Crippen molar-refractivity contribution in [3.05, 3.63) is 40.3 Å². The molecule has 1 aromatic carbocycles. The largest absolute Gasteiger partial charge is 0.461 e. The van der Waals surface area contributed by atoms with Crippen LogP contribution in [0.5, 0.6) is 0 Å². The molecular weight excluding hydrogens is 392 g/mol. The highest BCUT2D eigenvalue weighted by Gasteiger charge is 2.25. The predicted molar refractivity (Wildman–Crippen MR) is 119 cm³/mol. The van der Waals surface area contributed by atoms with Crippen LogP contribution in [0.25, 0.3) is 0 Å². The minimum Gasteiger partial charge on any atom is -0.461 e. The van der Waals surface area contributed by atoms with E-state index in [1.807, 2.05) is 26.2 Å². The van der Waals surface area contributed by atoms with E-state index in [0.717, 1.165) is 47.4 Å². The van der Waals surface area contributed by atoms with Crippen LogP contribution in [0.3, 0.4) is 0 Å². The zero-order valence-corrected chi connectivity index (χ0v) is 18.1. The SMILES string of the molecule is CCOC(=O)c1csc(C2CCN(C(=S)Nc3ccc(N(C)C)cc3)CC2)n1. The van der Waals surface area contributed by atoms with E-state index in [4.69, 9.17) is 17.0 Å². The van der Waals surface area contributed by atoms with Crippen LogP contribution in [0.1, 0.15) is 41.2 Å². The Balaban J connectivity index is 1.52. The Morgan fingerprint density at radius 3 is 2.61 bits per heavy atom. The molecular formula is C20H26N4O2S2. The van der Waals surface area contributed by atoms with Crippen LogP contribution >= 0.6 is 23.6 Å². The third kappa shape index (κ3) is 4.99. The lowest BCUT2D eigenvalue weighted by Crippen LogP contribution is -2.40. The smallest absolute Gasteiger partial charge is 0.357 e. The summed E-state index contributed by atoms with van der Waals surface area (Å²) < 4.78 is 5.02. The van der Waals surface area contributed by atoms with E-state index >= 15 is 0 Å². The first-order chi connectivity index (χ1) is 13.5. The van der Waals surface area contributed by atoms with Gasteiger partial charge in [0, 0.05) is 49.9 Å². The second-order valence-electron chi connectivity index (χ2n) is 6.92. The number of carbonyl (C=O) groups excluding carboxylic acids is 1. The molecule has 0 unspecified atom stereocenters. The molecule has 0 bridgehead atoms. The number of hydrogen-bond acceptors (Lipinski definition) is 6. The van der Waals surface area contributed by atoms with Gasteiger partial charge in [0.05, 0.1) is 11.6 Å². The molecule has 0 atom stereocenters. The fourth-order valence-electron chi connectivity index (χ4n) is 3.15. The van der Waals surface area contributed by atoms with Gasteiger partial charge in [-0.2, -0.15) is 0 Å². The van der Waals surface area contributed by atoms with Gasteiger partial charge < -0.3 is 19.9 Å². The van der Waals surface area contributed by atoms with Crippen molar-refractivity contribution in [1.29, 1.82) is 0 Å². The molecule has 0 saturated carbocycles. The Bertz CT molecular complexity index is 812. The van der Waals surface area contributed by atoms with Gasteiger partial charge in [-0.1, -0.05) is 0 Å². The minimum atomic E-state index is -0.340. The molecule has 2 heterocycles. The van der Waals surface area contributed by atoms with E-state index in [-0.39, 0.29) is 5.97 Å². The maximum Gasteiger partial charge on any atom is 0.357 e. The summed E-state index contributed by atoms with van der Waals surface area (Å²) in [6.07, 6.45) is 1.94. The summed E-state index contributed by atoms with van der Waals surface area (Å²) in [5, 5.41) is 6.89. The molecule has 28 heavy (non-hydrogen) atoms. The Hall–Kier alpha value is -2.19. The van der Waals surface area contributed by atoms with Gasteiger partial charge in [-0.3, -0.25) is 0 Å². The zero-order chi connectivity index (χ0) is 20.1. The number of hydrogen-bond donors (Lipinski definition) is 1. The van der Waals surface area contributed by atoms with E-state index in [0.29, 0.717) is 18.2 Å². The number of aromatic nitrogens is 1. The molecule has 6 nitrogen and oxygen atoms in total. The number of carbonyl (C=O) groups is 1. The Morgan fingerprint density at radius 2 is 2.00 bits per heavy atom. The minimum absolute atomic E-state index is 0.340.